The van der Waals surface area contributed by atoms with Crippen molar-refractivity contribution in [3.8, 4) is 0 Å². The summed E-state index contributed by atoms with van der Waals surface area (Å²) in [6, 6.07) is 4.89. The zero-order valence-electron chi connectivity index (χ0n) is 6.43. The topological polar surface area (TPSA) is 26.0 Å². The number of rotatable bonds is 2. The van der Waals surface area contributed by atoms with Gasteiger partial charge in [-0.2, -0.15) is 0 Å². The molecular formula is C9H9BrFN. The molecule has 0 atom stereocenters. The molecule has 0 aliphatic carbocycles. The number of hydrogen-bond acceptors (Lipinski definition) is 1. The molecule has 1 nitrogen and oxygen atoms in total. The third kappa shape index (κ3) is 2.16. The summed E-state index contributed by atoms with van der Waals surface area (Å²) in [6.45, 7) is 0.461. The summed E-state index contributed by atoms with van der Waals surface area (Å²) in [5, 5.41) is 0. The van der Waals surface area contributed by atoms with Gasteiger partial charge in [-0.25, -0.2) is 4.39 Å². The highest BCUT2D eigenvalue weighted by atomic mass is 79.9. The maximum absolute atomic E-state index is 12.9. The molecule has 1 rings (SSSR count). The number of benzene rings is 1. The van der Waals surface area contributed by atoms with Gasteiger partial charge in [0.25, 0.3) is 0 Å². The van der Waals surface area contributed by atoms with E-state index in [1.807, 2.05) is 6.07 Å². The Balaban J connectivity index is 3.00. The zero-order valence-corrected chi connectivity index (χ0v) is 8.01. The standard InChI is InChI=1S/C9H9BrFN/c10-9-7(4-2-6-12)3-1-5-8(9)11/h1-5H,6,12H2/b4-2+. The molecular weight excluding hydrogens is 221 g/mol. The van der Waals surface area contributed by atoms with Gasteiger partial charge in [0.15, 0.2) is 0 Å². The van der Waals surface area contributed by atoms with E-state index in [0.717, 1.165) is 5.56 Å². The molecule has 0 amide bonds. The van der Waals surface area contributed by atoms with Gasteiger partial charge in [-0.3, -0.25) is 0 Å². The van der Waals surface area contributed by atoms with Crippen LogP contribution in [0.2, 0.25) is 0 Å². The summed E-state index contributed by atoms with van der Waals surface area (Å²) in [5.74, 6) is -0.255. The van der Waals surface area contributed by atoms with Crippen LogP contribution in [-0.4, -0.2) is 6.54 Å². The lowest BCUT2D eigenvalue weighted by Crippen LogP contribution is -1.92. The van der Waals surface area contributed by atoms with Crippen LogP contribution in [-0.2, 0) is 0 Å². The normalized spacial score (nSPS) is 10.9. The van der Waals surface area contributed by atoms with E-state index < -0.39 is 0 Å². The molecule has 0 bridgehead atoms. The molecule has 0 aliphatic heterocycles. The molecule has 0 aromatic heterocycles. The first kappa shape index (κ1) is 9.42. The van der Waals surface area contributed by atoms with Crippen molar-refractivity contribution in [1.82, 2.24) is 0 Å². The third-order valence-electron chi connectivity index (χ3n) is 1.41. The van der Waals surface area contributed by atoms with Crippen molar-refractivity contribution in [1.29, 1.82) is 0 Å². The van der Waals surface area contributed by atoms with Crippen molar-refractivity contribution < 1.29 is 4.39 Å². The predicted molar refractivity (Wildman–Crippen MR) is 52.2 cm³/mol. The SMILES string of the molecule is NC/C=C/c1cccc(F)c1Br. The largest absolute Gasteiger partial charge is 0.327 e. The first-order valence-corrected chi connectivity index (χ1v) is 4.35. The molecule has 1 aromatic rings. The highest BCUT2D eigenvalue weighted by Crippen LogP contribution is 2.21. The van der Waals surface area contributed by atoms with Crippen molar-refractivity contribution >= 4 is 22.0 Å². The lowest BCUT2D eigenvalue weighted by atomic mass is 10.2. The van der Waals surface area contributed by atoms with Gasteiger partial charge in [-0.1, -0.05) is 24.3 Å². The monoisotopic (exact) mass is 229 g/mol. The Morgan fingerprint density at radius 1 is 1.50 bits per heavy atom. The number of halogens is 2. The maximum Gasteiger partial charge on any atom is 0.137 e. The molecule has 12 heavy (non-hydrogen) atoms. The smallest absolute Gasteiger partial charge is 0.137 e. The van der Waals surface area contributed by atoms with Gasteiger partial charge in [-0.15, -0.1) is 0 Å². The Bertz CT molecular complexity index is 297. The average Bonchev–Trinajstić information content (AvgIpc) is 2.08. The van der Waals surface area contributed by atoms with E-state index in [1.165, 1.54) is 6.07 Å². The Kier molecular flexibility index (Phi) is 3.44. The van der Waals surface area contributed by atoms with Crippen molar-refractivity contribution in [3.05, 3.63) is 40.1 Å². The second kappa shape index (κ2) is 4.38. The first-order chi connectivity index (χ1) is 5.75. The summed E-state index contributed by atoms with van der Waals surface area (Å²) < 4.78 is 13.4. The number of nitrogens with two attached hydrogens (primary N) is 1. The fourth-order valence-electron chi connectivity index (χ4n) is 0.844. The second-order valence-corrected chi connectivity index (χ2v) is 3.07. The predicted octanol–water partition coefficient (Wildman–Crippen LogP) is 2.56. The molecule has 0 unspecified atom stereocenters. The molecule has 64 valence electrons. The molecule has 3 heteroatoms. The third-order valence-corrected chi connectivity index (χ3v) is 2.25. The van der Waals surface area contributed by atoms with Gasteiger partial charge in [0, 0.05) is 6.54 Å². The summed E-state index contributed by atoms with van der Waals surface area (Å²) in [5.41, 5.74) is 6.07. The fraction of sp³-hybridized carbons (Fsp3) is 0.111. The minimum absolute atomic E-state index is 0.255. The lowest BCUT2D eigenvalue weighted by Gasteiger charge is -1.98. The van der Waals surface area contributed by atoms with Gasteiger partial charge in [-0.05, 0) is 27.6 Å². The zero-order chi connectivity index (χ0) is 8.97. The van der Waals surface area contributed by atoms with Gasteiger partial charge >= 0.3 is 0 Å². The van der Waals surface area contributed by atoms with Crippen molar-refractivity contribution in [2.24, 2.45) is 5.73 Å². The highest BCUT2D eigenvalue weighted by molar-refractivity contribution is 9.10. The van der Waals surface area contributed by atoms with Crippen LogP contribution < -0.4 is 5.73 Å². The van der Waals surface area contributed by atoms with E-state index in [2.05, 4.69) is 15.9 Å². The van der Waals surface area contributed by atoms with E-state index in [0.29, 0.717) is 11.0 Å². The molecule has 0 saturated carbocycles. The molecule has 0 saturated heterocycles. The summed E-state index contributed by atoms with van der Waals surface area (Å²) in [4.78, 5) is 0. The van der Waals surface area contributed by atoms with Crippen molar-refractivity contribution in [3.63, 3.8) is 0 Å². The highest BCUT2D eigenvalue weighted by Gasteiger charge is 2.00. The van der Waals surface area contributed by atoms with Crippen LogP contribution >= 0.6 is 15.9 Å². The molecule has 0 radical (unpaired) electrons. The minimum atomic E-state index is -0.255. The Morgan fingerprint density at radius 3 is 2.92 bits per heavy atom. The molecule has 0 heterocycles. The van der Waals surface area contributed by atoms with Gasteiger partial charge < -0.3 is 5.73 Å². The van der Waals surface area contributed by atoms with E-state index in [4.69, 9.17) is 5.73 Å². The van der Waals surface area contributed by atoms with Gasteiger partial charge in [0.2, 0.25) is 0 Å². The average molecular weight is 230 g/mol. The molecule has 1 aromatic carbocycles. The van der Waals surface area contributed by atoms with Crippen LogP contribution in [0.15, 0.2) is 28.7 Å². The van der Waals surface area contributed by atoms with Gasteiger partial charge in [0.05, 0.1) is 4.47 Å². The fourth-order valence-corrected chi connectivity index (χ4v) is 1.24. The Labute approximate surface area is 79.2 Å². The summed E-state index contributed by atoms with van der Waals surface area (Å²) in [7, 11) is 0. The van der Waals surface area contributed by atoms with Crippen LogP contribution in [0.4, 0.5) is 4.39 Å². The van der Waals surface area contributed by atoms with E-state index in [-0.39, 0.29) is 5.82 Å². The Hall–Kier alpha value is -0.670. The van der Waals surface area contributed by atoms with Crippen LogP contribution in [0, 0.1) is 5.82 Å². The van der Waals surface area contributed by atoms with Gasteiger partial charge in [0.1, 0.15) is 5.82 Å². The summed E-state index contributed by atoms with van der Waals surface area (Å²) >= 11 is 3.14. The lowest BCUT2D eigenvalue weighted by molar-refractivity contribution is 0.621. The van der Waals surface area contributed by atoms with Crippen LogP contribution in [0.1, 0.15) is 5.56 Å². The van der Waals surface area contributed by atoms with E-state index >= 15 is 0 Å². The quantitative estimate of drug-likeness (QED) is 0.830. The molecule has 0 aliphatic rings. The van der Waals surface area contributed by atoms with Crippen LogP contribution in [0.5, 0.6) is 0 Å². The van der Waals surface area contributed by atoms with Crippen molar-refractivity contribution in [2.75, 3.05) is 6.54 Å². The van der Waals surface area contributed by atoms with Crippen LogP contribution in [0.3, 0.4) is 0 Å². The van der Waals surface area contributed by atoms with Crippen molar-refractivity contribution in [2.45, 2.75) is 0 Å². The Morgan fingerprint density at radius 2 is 2.25 bits per heavy atom. The van der Waals surface area contributed by atoms with E-state index in [9.17, 15) is 4.39 Å². The summed E-state index contributed by atoms with van der Waals surface area (Å²) in [6.07, 6.45) is 3.56. The second-order valence-electron chi connectivity index (χ2n) is 2.28. The number of hydrogen-bond donors (Lipinski definition) is 1. The maximum atomic E-state index is 12.9. The molecule has 2 N–H and O–H groups in total. The molecule has 0 fully saturated rings. The van der Waals surface area contributed by atoms with Crippen LogP contribution in [0.25, 0.3) is 6.08 Å². The minimum Gasteiger partial charge on any atom is -0.327 e. The first-order valence-electron chi connectivity index (χ1n) is 3.56. The van der Waals surface area contributed by atoms with E-state index in [1.54, 1.807) is 18.2 Å². The molecule has 0 spiro atoms.